The van der Waals surface area contributed by atoms with Gasteiger partial charge in [0.1, 0.15) is 6.04 Å². The predicted octanol–water partition coefficient (Wildman–Crippen LogP) is 0.269. The average Bonchev–Trinajstić information content (AvgIpc) is 2.25. The highest BCUT2D eigenvalue weighted by Crippen LogP contribution is 2.27. The Morgan fingerprint density at radius 3 is 2.62 bits per heavy atom. The maximum atomic E-state index is 11.0. The van der Waals surface area contributed by atoms with Gasteiger partial charge in [0, 0.05) is 20.0 Å². The molecule has 0 bridgehead atoms. The fraction of sp³-hybridized carbons (Fsp3) is 0.909. The molecule has 0 spiro atoms. The number of rotatable bonds is 3. The van der Waals surface area contributed by atoms with E-state index in [-0.39, 0.29) is 17.9 Å². The van der Waals surface area contributed by atoms with Crippen LogP contribution in [0.1, 0.15) is 27.2 Å². The lowest BCUT2D eigenvalue weighted by atomic mass is 9.88. The van der Waals surface area contributed by atoms with Crippen LogP contribution in [0.15, 0.2) is 0 Å². The van der Waals surface area contributed by atoms with Gasteiger partial charge in [0.25, 0.3) is 0 Å². The van der Waals surface area contributed by atoms with Crippen LogP contribution in [0.3, 0.4) is 0 Å². The molecule has 1 fully saturated rings. The first kappa shape index (κ1) is 13.4. The van der Waals surface area contributed by atoms with Gasteiger partial charge in [0.15, 0.2) is 6.29 Å². The molecule has 0 aromatic heterocycles. The highest BCUT2D eigenvalue weighted by Gasteiger charge is 2.42. The van der Waals surface area contributed by atoms with Crippen molar-refractivity contribution >= 4 is 5.91 Å². The summed E-state index contributed by atoms with van der Waals surface area (Å²) in [7, 11) is 1.51. The molecule has 0 aromatic carbocycles. The summed E-state index contributed by atoms with van der Waals surface area (Å²) in [5.41, 5.74) is 0. The van der Waals surface area contributed by atoms with Crippen LogP contribution in [0.5, 0.6) is 0 Å². The van der Waals surface area contributed by atoms with E-state index in [0.717, 1.165) is 6.42 Å². The molecule has 1 aliphatic heterocycles. The third kappa shape index (κ3) is 2.72. The fourth-order valence-electron chi connectivity index (χ4n) is 2.15. The van der Waals surface area contributed by atoms with E-state index in [1.165, 1.54) is 14.0 Å². The van der Waals surface area contributed by atoms with E-state index in [1.54, 1.807) is 0 Å². The van der Waals surface area contributed by atoms with Crippen molar-refractivity contribution in [3.8, 4) is 0 Å². The second-order valence-electron chi connectivity index (χ2n) is 4.26. The fourth-order valence-corrected chi connectivity index (χ4v) is 2.15. The molecular formula is C11H21NO4. The maximum Gasteiger partial charge on any atom is 0.217 e. The van der Waals surface area contributed by atoms with Crippen LogP contribution in [0.25, 0.3) is 0 Å². The van der Waals surface area contributed by atoms with Gasteiger partial charge in [0.2, 0.25) is 5.91 Å². The van der Waals surface area contributed by atoms with E-state index >= 15 is 0 Å². The summed E-state index contributed by atoms with van der Waals surface area (Å²) in [5.74, 6) is -0.218. The number of nitrogens with one attached hydrogen (secondary N) is 1. The number of carbonyl (C=O) groups is 1. The van der Waals surface area contributed by atoms with Gasteiger partial charge < -0.3 is 19.9 Å². The van der Waals surface area contributed by atoms with E-state index in [1.807, 2.05) is 13.8 Å². The SMILES string of the molecule is CCC1OC(OC)C(NC(C)=O)C(O)C1C. The number of hydrogen-bond donors (Lipinski definition) is 2. The van der Waals surface area contributed by atoms with Crippen molar-refractivity contribution in [3.05, 3.63) is 0 Å². The van der Waals surface area contributed by atoms with E-state index in [9.17, 15) is 9.90 Å². The first-order valence-electron chi connectivity index (χ1n) is 5.64. The highest BCUT2D eigenvalue weighted by molar-refractivity contribution is 5.73. The van der Waals surface area contributed by atoms with Crippen LogP contribution in [0, 0.1) is 5.92 Å². The summed E-state index contributed by atoms with van der Waals surface area (Å²) < 4.78 is 10.8. The number of hydrogen-bond acceptors (Lipinski definition) is 4. The lowest BCUT2D eigenvalue weighted by Crippen LogP contribution is -2.60. The van der Waals surface area contributed by atoms with Gasteiger partial charge in [-0.3, -0.25) is 4.79 Å². The number of aliphatic hydroxyl groups excluding tert-OH is 1. The lowest BCUT2D eigenvalue weighted by molar-refractivity contribution is -0.239. The smallest absolute Gasteiger partial charge is 0.217 e. The van der Waals surface area contributed by atoms with Crippen LogP contribution >= 0.6 is 0 Å². The Bertz CT molecular complexity index is 244. The molecule has 1 amide bonds. The van der Waals surface area contributed by atoms with E-state index in [0.29, 0.717) is 0 Å². The summed E-state index contributed by atoms with van der Waals surface area (Å²) in [6, 6.07) is -0.500. The van der Waals surface area contributed by atoms with Gasteiger partial charge in [-0.05, 0) is 6.42 Å². The first-order chi connectivity index (χ1) is 7.51. The molecule has 5 atom stereocenters. The highest BCUT2D eigenvalue weighted by atomic mass is 16.7. The molecule has 2 N–H and O–H groups in total. The van der Waals surface area contributed by atoms with E-state index in [4.69, 9.17) is 9.47 Å². The van der Waals surface area contributed by atoms with Crippen molar-refractivity contribution in [2.75, 3.05) is 7.11 Å². The second-order valence-corrected chi connectivity index (χ2v) is 4.26. The summed E-state index contributed by atoms with van der Waals surface area (Å²) in [4.78, 5) is 11.0. The zero-order chi connectivity index (χ0) is 12.3. The monoisotopic (exact) mass is 231 g/mol. The molecule has 94 valence electrons. The predicted molar refractivity (Wildman–Crippen MR) is 58.7 cm³/mol. The van der Waals surface area contributed by atoms with Crippen molar-refractivity contribution in [1.29, 1.82) is 0 Å². The van der Waals surface area contributed by atoms with Gasteiger partial charge in [-0.15, -0.1) is 0 Å². The summed E-state index contributed by atoms with van der Waals surface area (Å²) in [6.45, 7) is 5.33. The molecule has 1 heterocycles. The molecule has 5 heteroatoms. The second kappa shape index (κ2) is 5.61. The van der Waals surface area contributed by atoms with Crippen molar-refractivity contribution in [2.45, 2.75) is 51.7 Å². The molecule has 16 heavy (non-hydrogen) atoms. The van der Waals surface area contributed by atoms with Crippen LogP contribution in [-0.2, 0) is 14.3 Å². The van der Waals surface area contributed by atoms with Crippen LogP contribution < -0.4 is 5.32 Å². The normalized spacial score (nSPS) is 39.4. The largest absolute Gasteiger partial charge is 0.390 e. The molecule has 5 unspecified atom stereocenters. The van der Waals surface area contributed by atoms with Crippen LogP contribution in [0.4, 0.5) is 0 Å². The summed E-state index contributed by atoms with van der Waals surface area (Å²) >= 11 is 0. The third-order valence-corrected chi connectivity index (χ3v) is 3.10. The molecule has 0 aromatic rings. The minimum absolute atomic E-state index is 0.0201. The number of carbonyl (C=O) groups excluding carboxylic acids is 1. The minimum atomic E-state index is -0.646. The van der Waals surface area contributed by atoms with Crippen molar-refractivity contribution < 1.29 is 19.4 Å². The zero-order valence-corrected chi connectivity index (χ0v) is 10.3. The third-order valence-electron chi connectivity index (χ3n) is 3.10. The molecule has 0 aliphatic carbocycles. The maximum absolute atomic E-state index is 11.0. The molecule has 1 saturated heterocycles. The quantitative estimate of drug-likeness (QED) is 0.731. The molecule has 0 saturated carbocycles. The summed E-state index contributed by atoms with van der Waals surface area (Å²) in [6.07, 6.45) is -0.456. The van der Waals surface area contributed by atoms with Gasteiger partial charge in [-0.25, -0.2) is 0 Å². The summed E-state index contributed by atoms with van der Waals surface area (Å²) in [5, 5.41) is 12.8. The average molecular weight is 231 g/mol. The Labute approximate surface area is 96.1 Å². The molecule has 1 aliphatic rings. The van der Waals surface area contributed by atoms with Crippen LogP contribution in [0.2, 0.25) is 0 Å². The first-order valence-corrected chi connectivity index (χ1v) is 5.64. The lowest BCUT2D eigenvalue weighted by Gasteiger charge is -2.43. The van der Waals surface area contributed by atoms with Crippen molar-refractivity contribution in [3.63, 3.8) is 0 Å². The van der Waals surface area contributed by atoms with Crippen molar-refractivity contribution in [2.24, 2.45) is 5.92 Å². The van der Waals surface area contributed by atoms with E-state index in [2.05, 4.69) is 5.32 Å². The Hall–Kier alpha value is -0.650. The Kier molecular flexibility index (Phi) is 4.70. The molecular weight excluding hydrogens is 210 g/mol. The Morgan fingerprint density at radius 1 is 1.56 bits per heavy atom. The number of methoxy groups -OCH3 is 1. The number of ether oxygens (including phenoxy) is 2. The van der Waals surface area contributed by atoms with Gasteiger partial charge in [-0.2, -0.15) is 0 Å². The Balaban J connectivity index is 2.77. The van der Waals surface area contributed by atoms with Crippen molar-refractivity contribution in [1.82, 2.24) is 5.32 Å². The van der Waals surface area contributed by atoms with E-state index < -0.39 is 18.4 Å². The van der Waals surface area contributed by atoms with Crippen LogP contribution in [-0.4, -0.2) is 42.7 Å². The standard InChI is InChI=1S/C11H21NO4/c1-5-8-6(2)10(14)9(12-7(3)13)11(15-4)16-8/h6,8-11,14H,5H2,1-4H3,(H,12,13). The Morgan fingerprint density at radius 2 is 2.19 bits per heavy atom. The van der Waals surface area contributed by atoms with Gasteiger partial charge >= 0.3 is 0 Å². The number of amides is 1. The zero-order valence-electron chi connectivity index (χ0n) is 10.3. The van der Waals surface area contributed by atoms with Gasteiger partial charge in [-0.1, -0.05) is 13.8 Å². The molecule has 0 radical (unpaired) electrons. The molecule has 1 rings (SSSR count). The van der Waals surface area contributed by atoms with Gasteiger partial charge in [0.05, 0.1) is 12.2 Å². The topological polar surface area (TPSA) is 67.8 Å². The minimum Gasteiger partial charge on any atom is -0.390 e. The number of aliphatic hydroxyl groups is 1. The molecule has 5 nitrogen and oxygen atoms in total.